The van der Waals surface area contributed by atoms with Crippen LogP contribution in [-0.4, -0.2) is 34.8 Å². The fourth-order valence-electron chi connectivity index (χ4n) is 5.06. The minimum absolute atomic E-state index is 0.0465. The molecule has 1 aliphatic heterocycles. The van der Waals surface area contributed by atoms with E-state index >= 15 is 0 Å². The summed E-state index contributed by atoms with van der Waals surface area (Å²) in [5, 5.41) is 15.0. The molecule has 5 aliphatic rings. The highest BCUT2D eigenvalue weighted by Gasteiger charge is 2.67. The summed E-state index contributed by atoms with van der Waals surface area (Å²) in [5.74, 6) is 1.13. The number of nitrogens with zero attached hydrogens (tertiary/aromatic N) is 2. The molecule has 0 aromatic heterocycles. The Labute approximate surface area is 151 Å². The van der Waals surface area contributed by atoms with Crippen LogP contribution in [0.3, 0.4) is 0 Å². The first-order chi connectivity index (χ1) is 12.6. The molecule has 6 rings (SSSR count). The minimum Gasteiger partial charge on any atom is -0.504 e. The molecule has 1 saturated heterocycles. The van der Waals surface area contributed by atoms with E-state index in [1.807, 2.05) is 6.92 Å². The molecule has 2 saturated carbocycles. The first-order valence-corrected chi connectivity index (χ1v) is 9.16. The molecule has 2 bridgehead atoms. The summed E-state index contributed by atoms with van der Waals surface area (Å²) in [6.45, 7) is 2.26. The van der Waals surface area contributed by atoms with Crippen molar-refractivity contribution in [1.82, 2.24) is 5.01 Å². The van der Waals surface area contributed by atoms with E-state index in [2.05, 4.69) is 17.3 Å². The van der Waals surface area contributed by atoms with Crippen molar-refractivity contribution in [3.05, 3.63) is 35.9 Å². The van der Waals surface area contributed by atoms with E-state index in [4.69, 9.17) is 4.74 Å². The number of aromatic hydroxyl groups is 1. The largest absolute Gasteiger partial charge is 0.504 e. The molecule has 6 atom stereocenters. The number of imide groups is 1. The number of hydrogen-bond donors (Lipinski definition) is 1. The van der Waals surface area contributed by atoms with Gasteiger partial charge in [0.1, 0.15) is 0 Å². The third-order valence-corrected chi connectivity index (χ3v) is 6.25. The van der Waals surface area contributed by atoms with Gasteiger partial charge in [-0.25, -0.2) is 0 Å². The van der Waals surface area contributed by atoms with Gasteiger partial charge in [-0.15, -0.1) is 0 Å². The number of hydrazone groups is 1. The second-order valence-electron chi connectivity index (χ2n) is 7.55. The van der Waals surface area contributed by atoms with Gasteiger partial charge in [0.15, 0.2) is 11.5 Å². The van der Waals surface area contributed by atoms with Crippen molar-refractivity contribution >= 4 is 18.0 Å². The highest BCUT2D eigenvalue weighted by molar-refractivity contribution is 6.06. The predicted molar refractivity (Wildman–Crippen MR) is 93.4 cm³/mol. The highest BCUT2D eigenvalue weighted by atomic mass is 16.5. The average Bonchev–Trinajstić information content (AvgIpc) is 3.42. The van der Waals surface area contributed by atoms with Gasteiger partial charge in [0.2, 0.25) is 0 Å². The normalized spacial score (nSPS) is 36.6. The molecule has 6 nitrogen and oxygen atoms in total. The predicted octanol–water partition coefficient (Wildman–Crippen LogP) is 2.18. The molecule has 0 radical (unpaired) electrons. The molecule has 134 valence electrons. The van der Waals surface area contributed by atoms with E-state index in [0.29, 0.717) is 29.8 Å². The van der Waals surface area contributed by atoms with Gasteiger partial charge in [-0.3, -0.25) is 9.59 Å². The monoisotopic (exact) mass is 352 g/mol. The maximum absolute atomic E-state index is 12.8. The van der Waals surface area contributed by atoms with Crippen molar-refractivity contribution in [2.75, 3.05) is 6.61 Å². The Morgan fingerprint density at radius 2 is 1.85 bits per heavy atom. The van der Waals surface area contributed by atoms with Gasteiger partial charge in [-0.05, 0) is 60.8 Å². The maximum Gasteiger partial charge on any atom is 0.254 e. The molecular weight excluding hydrogens is 332 g/mol. The number of allylic oxidation sites excluding steroid dienone is 2. The summed E-state index contributed by atoms with van der Waals surface area (Å²) in [6, 6.07) is 4.82. The maximum atomic E-state index is 12.8. The number of benzene rings is 1. The number of carbonyl (C=O) groups excluding carboxylic acids is 2. The van der Waals surface area contributed by atoms with E-state index in [0.717, 1.165) is 11.4 Å². The molecule has 1 heterocycles. The molecule has 2 amide bonds. The third kappa shape index (κ3) is 2.08. The SMILES string of the molecule is CCOc1cc(/C=N\N2C(=O)[C@@H]3[C@@H]4C=C[C@H]([C@H]5C[C@H]45)[C@@H]3C2=O)ccc1O. The zero-order valence-electron chi connectivity index (χ0n) is 14.4. The van der Waals surface area contributed by atoms with Crippen molar-refractivity contribution in [3.63, 3.8) is 0 Å². The summed E-state index contributed by atoms with van der Waals surface area (Å²) in [6.07, 6.45) is 6.91. The Bertz CT molecular complexity index is 825. The van der Waals surface area contributed by atoms with E-state index in [-0.39, 0.29) is 41.2 Å². The third-order valence-electron chi connectivity index (χ3n) is 6.25. The number of carbonyl (C=O) groups is 2. The standard InChI is InChI=1S/C20H20N2O4/c1-2-26-16-7-10(3-6-15(16)23)9-21-22-19(24)17-11-4-5-12(14-8-13(11)14)18(17)20(22)25/h3-7,9,11-14,17-18,23H,2,8H2,1H3/b21-9-/t11-,12-,13-,14-,17-,18+/m1/s1. The highest BCUT2D eigenvalue weighted by Crippen LogP contribution is 2.65. The molecule has 1 aromatic rings. The Morgan fingerprint density at radius 3 is 2.46 bits per heavy atom. The number of amides is 2. The van der Waals surface area contributed by atoms with Gasteiger partial charge >= 0.3 is 0 Å². The smallest absolute Gasteiger partial charge is 0.254 e. The minimum atomic E-state index is -0.239. The topological polar surface area (TPSA) is 79.2 Å². The molecule has 0 unspecified atom stereocenters. The van der Waals surface area contributed by atoms with Gasteiger partial charge in [-0.1, -0.05) is 12.2 Å². The molecule has 6 heteroatoms. The van der Waals surface area contributed by atoms with E-state index in [1.165, 1.54) is 12.3 Å². The van der Waals surface area contributed by atoms with Crippen LogP contribution in [0.5, 0.6) is 11.5 Å². The van der Waals surface area contributed by atoms with Crippen LogP contribution < -0.4 is 4.74 Å². The van der Waals surface area contributed by atoms with Crippen LogP contribution in [0.2, 0.25) is 0 Å². The fourth-order valence-corrected chi connectivity index (χ4v) is 5.06. The first-order valence-electron chi connectivity index (χ1n) is 9.16. The van der Waals surface area contributed by atoms with Crippen LogP contribution in [0.25, 0.3) is 0 Å². The van der Waals surface area contributed by atoms with Crippen molar-refractivity contribution in [1.29, 1.82) is 0 Å². The lowest BCUT2D eigenvalue weighted by atomic mass is 9.63. The van der Waals surface area contributed by atoms with Gasteiger partial charge < -0.3 is 9.84 Å². The summed E-state index contributed by atoms with van der Waals surface area (Å²) >= 11 is 0. The van der Waals surface area contributed by atoms with Gasteiger partial charge in [0.05, 0.1) is 24.7 Å². The van der Waals surface area contributed by atoms with Gasteiger partial charge in [0, 0.05) is 0 Å². The Balaban J connectivity index is 1.40. The lowest BCUT2D eigenvalue weighted by Crippen LogP contribution is -2.40. The Morgan fingerprint density at radius 1 is 1.19 bits per heavy atom. The molecule has 26 heavy (non-hydrogen) atoms. The van der Waals surface area contributed by atoms with Crippen LogP contribution in [0.1, 0.15) is 18.9 Å². The van der Waals surface area contributed by atoms with Gasteiger partial charge in [-0.2, -0.15) is 10.1 Å². The Hall–Kier alpha value is -2.63. The number of phenols is 1. The Kier molecular flexibility index (Phi) is 3.26. The fraction of sp³-hybridized carbons (Fsp3) is 0.450. The number of ether oxygens (including phenoxy) is 1. The lowest BCUT2D eigenvalue weighted by Gasteiger charge is -2.37. The van der Waals surface area contributed by atoms with Crippen molar-refractivity contribution in [3.8, 4) is 11.5 Å². The second kappa shape index (κ2) is 5.43. The quantitative estimate of drug-likeness (QED) is 0.512. The van der Waals surface area contributed by atoms with Crippen molar-refractivity contribution in [2.45, 2.75) is 13.3 Å². The number of hydrogen-bond acceptors (Lipinski definition) is 5. The molecular formula is C20H20N2O4. The van der Waals surface area contributed by atoms with Crippen LogP contribution in [0.4, 0.5) is 0 Å². The molecule has 1 N–H and O–H groups in total. The van der Waals surface area contributed by atoms with Crippen molar-refractivity contribution in [2.24, 2.45) is 40.6 Å². The van der Waals surface area contributed by atoms with Crippen LogP contribution in [0, 0.1) is 35.5 Å². The van der Waals surface area contributed by atoms with E-state index in [1.54, 1.807) is 12.1 Å². The first kappa shape index (κ1) is 15.6. The lowest BCUT2D eigenvalue weighted by molar-refractivity contribution is -0.140. The molecule has 0 spiro atoms. The van der Waals surface area contributed by atoms with Crippen LogP contribution in [0.15, 0.2) is 35.5 Å². The molecule has 3 fully saturated rings. The van der Waals surface area contributed by atoms with E-state index in [9.17, 15) is 14.7 Å². The van der Waals surface area contributed by atoms with Gasteiger partial charge in [0.25, 0.3) is 11.8 Å². The second-order valence-corrected chi connectivity index (χ2v) is 7.55. The summed E-state index contributed by atoms with van der Waals surface area (Å²) < 4.78 is 5.35. The summed E-state index contributed by atoms with van der Waals surface area (Å²) in [7, 11) is 0. The number of rotatable bonds is 4. The summed E-state index contributed by atoms with van der Waals surface area (Å²) in [4.78, 5) is 25.7. The zero-order valence-corrected chi connectivity index (χ0v) is 14.4. The van der Waals surface area contributed by atoms with Crippen LogP contribution >= 0.6 is 0 Å². The summed E-state index contributed by atoms with van der Waals surface area (Å²) in [5.41, 5.74) is 0.658. The van der Waals surface area contributed by atoms with E-state index < -0.39 is 0 Å². The zero-order chi connectivity index (χ0) is 18.0. The average molecular weight is 352 g/mol. The molecule has 4 aliphatic carbocycles. The number of phenolic OH excluding ortho intramolecular Hbond substituents is 1. The molecule has 1 aromatic carbocycles. The van der Waals surface area contributed by atoms with Crippen LogP contribution in [-0.2, 0) is 9.59 Å². The van der Waals surface area contributed by atoms with Crippen molar-refractivity contribution < 1.29 is 19.4 Å².